The van der Waals surface area contributed by atoms with Gasteiger partial charge >= 0.3 is 6.18 Å². The predicted molar refractivity (Wildman–Crippen MR) is 145 cm³/mol. The van der Waals surface area contributed by atoms with Crippen LogP contribution in [0.5, 0.6) is 5.75 Å². The highest BCUT2D eigenvalue weighted by molar-refractivity contribution is 6.04. The number of nitrogens with zero attached hydrogens (tertiary/aromatic N) is 1. The molecular weight excluding hydrogens is 491 g/mol. The van der Waals surface area contributed by atoms with Crippen molar-refractivity contribution in [1.29, 1.82) is 0 Å². The molecule has 0 fully saturated rings. The van der Waals surface area contributed by atoms with Crippen molar-refractivity contribution >= 4 is 11.6 Å². The molecule has 0 aliphatic carbocycles. The maximum Gasteiger partial charge on any atom is 0.416 e. The Hall–Kier alpha value is -3.81. The van der Waals surface area contributed by atoms with Gasteiger partial charge in [0.1, 0.15) is 11.4 Å². The van der Waals surface area contributed by atoms with Crippen LogP contribution < -0.4 is 15.4 Å². The number of rotatable bonds is 8. The third-order valence-corrected chi connectivity index (χ3v) is 6.37. The van der Waals surface area contributed by atoms with Crippen LogP contribution >= 0.6 is 0 Å². The zero-order chi connectivity index (χ0) is 28.2. The first-order valence-electron chi connectivity index (χ1n) is 12.4. The fourth-order valence-corrected chi connectivity index (χ4v) is 4.55. The predicted octanol–water partition coefficient (Wildman–Crippen LogP) is 7.61. The summed E-state index contributed by atoms with van der Waals surface area (Å²) in [7, 11) is 1.61. The van der Waals surface area contributed by atoms with E-state index in [1.54, 1.807) is 14.0 Å². The number of ether oxygens (including phenoxy) is 1. The molecule has 3 aromatic rings. The van der Waals surface area contributed by atoms with Gasteiger partial charge in [0.25, 0.3) is 5.91 Å². The lowest BCUT2D eigenvalue weighted by Crippen LogP contribution is -2.26. The second-order valence-electron chi connectivity index (χ2n) is 9.65. The number of carbonyl (C=O) groups is 1. The van der Waals surface area contributed by atoms with Crippen molar-refractivity contribution in [2.24, 2.45) is 5.92 Å². The molecule has 0 spiro atoms. The molecular formula is C30H34F3N3O2. The zero-order valence-corrected chi connectivity index (χ0v) is 22.7. The Kier molecular flexibility index (Phi) is 8.86. The Balaban J connectivity index is 1.91. The second kappa shape index (κ2) is 11.7. The largest absolute Gasteiger partial charge is 0.494 e. The molecule has 0 saturated carbocycles. The SMILES string of the molecule is COc1ccc(C(C)N/C(C)=C(/C(=O)Nc2cccc(C(F)(F)F)c2)C(C)C)nc1-c1c(C)cccc1C. The molecule has 0 aliphatic rings. The van der Waals surface area contributed by atoms with E-state index in [0.717, 1.165) is 40.2 Å². The van der Waals surface area contributed by atoms with Gasteiger partial charge in [0.2, 0.25) is 0 Å². The zero-order valence-electron chi connectivity index (χ0n) is 22.7. The Morgan fingerprint density at radius 1 is 0.974 bits per heavy atom. The summed E-state index contributed by atoms with van der Waals surface area (Å²) in [6, 6.07) is 14.2. The van der Waals surface area contributed by atoms with Crippen LogP contribution in [0.15, 0.2) is 65.9 Å². The van der Waals surface area contributed by atoms with Crippen molar-refractivity contribution in [3.05, 3.63) is 88.3 Å². The first kappa shape index (κ1) is 28.8. The molecule has 3 rings (SSSR count). The van der Waals surface area contributed by atoms with Crippen LogP contribution in [0.3, 0.4) is 0 Å². The van der Waals surface area contributed by atoms with Crippen molar-refractivity contribution in [1.82, 2.24) is 10.3 Å². The summed E-state index contributed by atoms with van der Waals surface area (Å²) in [5.74, 6) is 0.0129. The molecule has 5 nitrogen and oxygen atoms in total. The number of amides is 1. The number of methoxy groups -OCH3 is 1. The number of halogens is 3. The standard InChI is InChI=1S/C30H34F3N3O2/c1-17(2)26(29(37)35-23-13-9-12-22(16-23)30(31,32)33)21(6)34-20(5)24-14-15-25(38-7)28(36-24)27-18(3)10-8-11-19(27)4/h8-17,20,34H,1-7H3,(H,35,37)/b26-21+. The summed E-state index contributed by atoms with van der Waals surface area (Å²) in [4.78, 5) is 18.1. The van der Waals surface area contributed by atoms with E-state index in [4.69, 9.17) is 9.72 Å². The topological polar surface area (TPSA) is 63.2 Å². The quantitative estimate of drug-likeness (QED) is 0.297. The Morgan fingerprint density at radius 2 is 1.61 bits per heavy atom. The van der Waals surface area contributed by atoms with Gasteiger partial charge in [0.15, 0.2) is 0 Å². The average Bonchev–Trinajstić information content (AvgIpc) is 2.83. The molecule has 1 heterocycles. The van der Waals surface area contributed by atoms with Gasteiger partial charge in [-0.15, -0.1) is 0 Å². The van der Waals surface area contributed by atoms with E-state index in [9.17, 15) is 18.0 Å². The van der Waals surface area contributed by atoms with Crippen molar-refractivity contribution in [2.45, 2.75) is 53.8 Å². The van der Waals surface area contributed by atoms with Gasteiger partial charge in [-0.05, 0) is 75.1 Å². The van der Waals surface area contributed by atoms with Crippen LogP contribution in [-0.2, 0) is 11.0 Å². The summed E-state index contributed by atoms with van der Waals surface area (Å²) >= 11 is 0. The molecule has 1 atom stereocenters. The molecule has 202 valence electrons. The highest BCUT2D eigenvalue weighted by atomic mass is 19.4. The maximum absolute atomic E-state index is 13.1. The van der Waals surface area contributed by atoms with Crippen molar-refractivity contribution in [2.75, 3.05) is 12.4 Å². The van der Waals surface area contributed by atoms with Crippen LogP contribution in [0.4, 0.5) is 18.9 Å². The highest BCUT2D eigenvalue weighted by Crippen LogP contribution is 2.34. The van der Waals surface area contributed by atoms with E-state index in [2.05, 4.69) is 10.6 Å². The lowest BCUT2D eigenvalue weighted by molar-refractivity contribution is -0.137. The second-order valence-corrected chi connectivity index (χ2v) is 9.65. The third-order valence-electron chi connectivity index (χ3n) is 6.37. The van der Waals surface area contributed by atoms with Gasteiger partial charge in [-0.2, -0.15) is 13.2 Å². The molecule has 0 bridgehead atoms. The average molecular weight is 526 g/mol. The summed E-state index contributed by atoms with van der Waals surface area (Å²) in [5.41, 5.74) is 4.98. The number of benzene rings is 2. The molecule has 1 unspecified atom stereocenters. The molecule has 0 aliphatic heterocycles. The summed E-state index contributed by atoms with van der Waals surface area (Å²) in [6.07, 6.45) is -4.49. The van der Waals surface area contributed by atoms with Crippen LogP contribution in [0.25, 0.3) is 11.3 Å². The van der Waals surface area contributed by atoms with Gasteiger partial charge in [-0.3, -0.25) is 4.79 Å². The van der Waals surface area contributed by atoms with E-state index in [-0.39, 0.29) is 17.6 Å². The number of hydrogen-bond donors (Lipinski definition) is 2. The minimum atomic E-state index is -4.49. The number of hydrogen-bond acceptors (Lipinski definition) is 4. The van der Waals surface area contributed by atoms with Crippen LogP contribution in [0.2, 0.25) is 0 Å². The minimum Gasteiger partial charge on any atom is -0.494 e. The van der Waals surface area contributed by atoms with Crippen LogP contribution in [0, 0.1) is 19.8 Å². The normalized spacial score (nSPS) is 13.1. The fourth-order valence-electron chi connectivity index (χ4n) is 4.55. The molecule has 2 N–H and O–H groups in total. The number of carbonyl (C=O) groups excluding carboxylic acids is 1. The van der Waals surface area contributed by atoms with Gasteiger partial charge < -0.3 is 15.4 Å². The van der Waals surface area contributed by atoms with Gasteiger partial charge in [-0.25, -0.2) is 4.98 Å². The summed E-state index contributed by atoms with van der Waals surface area (Å²) in [5, 5.41) is 5.98. The summed E-state index contributed by atoms with van der Waals surface area (Å²) < 4.78 is 44.9. The molecule has 1 aromatic heterocycles. The monoisotopic (exact) mass is 525 g/mol. The van der Waals surface area contributed by atoms with Gasteiger partial charge in [0, 0.05) is 22.5 Å². The van der Waals surface area contributed by atoms with E-state index in [0.29, 0.717) is 17.0 Å². The minimum absolute atomic E-state index is 0.0823. The lowest BCUT2D eigenvalue weighted by Gasteiger charge is -2.22. The number of alkyl halides is 3. The highest BCUT2D eigenvalue weighted by Gasteiger charge is 2.30. The van der Waals surface area contributed by atoms with E-state index >= 15 is 0 Å². The molecule has 0 radical (unpaired) electrons. The Labute approximate surface area is 222 Å². The van der Waals surface area contributed by atoms with Gasteiger partial charge in [-0.1, -0.05) is 38.1 Å². The fraction of sp³-hybridized carbons (Fsp3) is 0.333. The van der Waals surface area contributed by atoms with E-state index in [1.165, 1.54) is 12.1 Å². The smallest absolute Gasteiger partial charge is 0.416 e. The third kappa shape index (κ3) is 6.54. The Bertz CT molecular complexity index is 1330. The van der Waals surface area contributed by atoms with Gasteiger partial charge in [0.05, 0.1) is 24.4 Å². The van der Waals surface area contributed by atoms with Crippen molar-refractivity contribution in [3.63, 3.8) is 0 Å². The number of aryl methyl sites for hydroxylation is 2. The molecule has 38 heavy (non-hydrogen) atoms. The van der Waals surface area contributed by atoms with E-state index < -0.39 is 17.6 Å². The number of aromatic nitrogens is 1. The van der Waals surface area contributed by atoms with Crippen LogP contribution in [-0.4, -0.2) is 18.0 Å². The van der Waals surface area contributed by atoms with E-state index in [1.807, 2.05) is 65.0 Å². The molecule has 1 amide bonds. The summed E-state index contributed by atoms with van der Waals surface area (Å²) in [6.45, 7) is 11.5. The number of pyridine rings is 1. The first-order valence-corrected chi connectivity index (χ1v) is 12.4. The number of anilines is 1. The first-order chi connectivity index (χ1) is 17.8. The number of nitrogens with one attached hydrogen (secondary N) is 2. The van der Waals surface area contributed by atoms with Crippen molar-refractivity contribution in [3.8, 4) is 17.0 Å². The molecule has 0 saturated heterocycles. The number of allylic oxidation sites excluding steroid dienone is 1. The van der Waals surface area contributed by atoms with Crippen LogP contribution in [0.1, 0.15) is 56.1 Å². The van der Waals surface area contributed by atoms with Crippen molar-refractivity contribution < 1.29 is 22.7 Å². The Morgan fingerprint density at radius 3 is 2.18 bits per heavy atom. The molecule has 2 aromatic carbocycles. The molecule has 8 heteroatoms. The maximum atomic E-state index is 13.1. The lowest BCUT2D eigenvalue weighted by atomic mass is 9.98.